The van der Waals surface area contributed by atoms with Gasteiger partial charge in [-0.25, -0.2) is 0 Å². The fourth-order valence-corrected chi connectivity index (χ4v) is 2.75. The Labute approximate surface area is 80.5 Å². The molecule has 3 rings (SSSR count). The van der Waals surface area contributed by atoms with E-state index in [9.17, 15) is 0 Å². The Morgan fingerprint density at radius 3 is 2.92 bits per heavy atom. The second kappa shape index (κ2) is 3.31. The zero-order chi connectivity index (χ0) is 9.31. The summed E-state index contributed by atoms with van der Waals surface area (Å²) in [5.41, 5.74) is -0.0297. The highest BCUT2D eigenvalue weighted by molar-refractivity contribution is 5.19. The zero-order valence-corrected chi connectivity index (χ0v) is 8.42. The lowest BCUT2D eigenvalue weighted by atomic mass is 9.63. The molecule has 1 aliphatic carbocycles. The third-order valence-electron chi connectivity index (χ3n) is 3.66. The Balaban J connectivity index is 1.97. The molecule has 0 amide bonds. The van der Waals surface area contributed by atoms with Crippen LogP contribution in [0.25, 0.3) is 0 Å². The molecule has 0 aromatic rings. The molecule has 0 radical (unpaired) electrons. The molecule has 72 valence electrons. The van der Waals surface area contributed by atoms with Crippen LogP contribution >= 0.6 is 0 Å². The van der Waals surface area contributed by atoms with Gasteiger partial charge in [-0.2, -0.15) is 5.26 Å². The maximum absolute atomic E-state index is 9.17. The van der Waals surface area contributed by atoms with Crippen molar-refractivity contribution in [3.05, 3.63) is 0 Å². The van der Waals surface area contributed by atoms with Gasteiger partial charge in [-0.3, -0.25) is 4.90 Å². The maximum atomic E-state index is 9.17. The van der Waals surface area contributed by atoms with Crippen LogP contribution in [0.3, 0.4) is 0 Å². The van der Waals surface area contributed by atoms with Gasteiger partial charge >= 0.3 is 0 Å². The van der Waals surface area contributed by atoms with Gasteiger partial charge in [0.15, 0.2) is 0 Å². The average molecular weight is 178 g/mol. The number of fused-ring (bicyclic) bond motifs is 2. The van der Waals surface area contributed by atoms with Crippen LogP contribution in [0.4, 0.5) is 0 Å². The summed E-state index contributed by atoms with van der Waals surface area (Å²) in [4.78, 5) is 2.43. The van der Waals surface area contributed by atoms with Crippen LogP contribution in [-0.4, -0.2) is 23.5 Å². The summed E-state index contributed by atoms with van der Waals surface area (Å²) >= 11 is 0. The third-order valence-corrected chi connectivity index (χ3v) is 3.66. The van der Waals surface area contributed by atoms with Crippen LogP contribution in [0.5, 0.6) is 0 Å². The summed E-state index contributed by atoms with van der Waals surface area (Å²) in [7, 11) is 0. The van der Waals surface area contributed by atoms with Gasteiger partial charge in [0.2, 0.25) is 0 Å². The molecule has 0 aromatic carbocycles. The number of rotatable bonds is 3. The molecular formula is C11H18N2. The predicted octanol–water partition coefficient (Wildman–Crippen LogP) is 2.16. The standard InChI is InChI=1S/C11H18N2/c1-2-3-5-13-6-4-10-7-11(13,8-10)9-12/h10H,2-8H2,1H3. The van der Waals surface area contributed by atoms with Crippen molar-refractivity contribution in [3.63, 3.8) is 0 Å². The summed E-state index contributed by atoms with van der Waals surface area (Å²) < 4.78 is 0. The van der Waals surface area contributed by atoms with Crippen LogP contribution in [0.2, 0.25) is 0 Å². The first-order valence-electron chi connectivity index (χ1n) is 5.47. The number of nitriles is 1. The molecule has 2 nitrogen and oxygen atoms in total. The monoisotopic (exact) mass is 178 g/mol. The Morgan fingerprint density at radius 1 is 1.54 bits per heavy atom. The molecule has 0 unspecified atom stereocenters. The van der Waals surface area contributed by atoms with Gasteiger partial charge in [0.05, 0.1) is 6.07 Å². The Hall–Kier alpha value is -0.550. The molecule has 2 heteroatoms. The minimum Gasteiger partial charge on any atom is -0.286 e. The van der Waals surface area contributed by atoms with E-state index in [0.29, 0.717) is 0 Å². The van der Waals surface area contributed by atoms with Gasteiger partial charge in [-0.05, 0) is 44.7 Å². The fourth-order valence-electron chi connectivity index (χ4n) is 2.75. The van der Waals surface area contributed by atoms with Crippen molar-refractivity contribution in [2.45, 2.75) is 44.6 Å². The van der Waals surface area contributed by atoms with Gasteiger partial charge < -0.3 is 0 Å². The van der Waals surface area contributed by atoms with E-state index in [0.717, 1.165) is 31.8 Å². The van der Waals surface area contributed by atoms with Gasteiger partial charge in [0, 0.05) is 0 Å². The number of nitrogens with zero attached hydrogens (tertiary/aromatic N) is 2. The summed E-state index contributed by atoms with van der Waals surface area (Å²) in [6.45, 7) is 4.52. The van der Waals surface area contributed by atoms with E-state index in [1.54, 1.807) is 0 Å². The fraction of sp³-hybridized carbons (Fsp3) is 0.909. The van der Waals surface area contributed by atoms with Crippen LogP contribution in [0.1, 0.15) is 39.0 Å². The first-order chi connectivity index (χ1) is 6.30. The molecular weight excluding hydrogens is 160 g/mol. The van der Waals surface area contributed by atoms with Crippen LogP contribution in [0, 0.1) is 17.2 Å². The van der Waals surface area contributed by atoms with E-state index in [1.165, 1.54) is 19.3 Å². The van der Waals surface area contributed by atoms with Crippen molar-refractivity contribution < 1.29 is 0 Å². The molecule has 3 fully saturated rings. The number of hydrogen-bond donors (Lipinski definition) is 0. The van der Waals surface area contributed by atoms with Gasteiger partial charge in [-0.15, -0.1) is 0 Å². The van der Waals surface area contributed by atoms with Gasteiger partial charge in [0.1, 0.15) is 5.54 Å². The molecule has 13 heavy (non-hydrogen) atoms. The van der Waals surface area contributed by atoms with Crippen molar-refractivity contribution in [2.75, 3.05) is 13.1 Å². The van der Waals surface area contributed by atoms with Gasteiger partial charge in [0.25, 0.3) is 0 Å². The first-order valence-corrected chi connectivity index (χ1v) is 5.47. The molecule has 2 heterocycles. The molecule has 2 aliphatic heterocycles. The third kappa shape index (κ3) is 1.36. The quantitative estimate of drug-likeness (QED) is 0.662. The minimum absolute atomic E-state index is 0.0297. The van der Waals surface area contributed by atoms with Crippen molar-refractivity contribution in [1.82, 2.24) is 4.90 Å². The molecule has 2 saturated heterocycles. The molecule has 0 spiro atoms. The highest BCUT2D eigenvalue weighted by atomic mass is 15.2. The van der Waals surface area contributed by atoms with Crippen LogP contribution in [-0.2, 0) is 0 Å². The van der Waals surface area contributed by atoms with Gasteiger partial charge in [-0.1, -0.05) is 13.3 Å². The average Bonchev–Trinajstić information content (AvgIpc) is 2.13. The zero-order valence-electron chi connectivity index (χ0n) is 8.42. The highest BCUT2D eigenvalue weighted by Gasteiger charge is 2.52. The second-order valence-corrected chi connectivity index (χ2v) is 4.55. The molecule has 2 bridgehead atoms. The summed E-state index contributed by atoms with van der Waals surface area (Å²) in [6, 6.07) is 2.53. The lowest BCUT2D eigenvalue weighted by molar-refractivity contribution is -0.0379. The van der Waals surface area contributed by atoms with Crippen molar-refractivity contribution in [3.8, 4) is 6.07 Å². The molecule has 0 N–H and O–H groups in total. The van der Waals surface area contributed by atoms with E-state index in [4.69, 9.17) is 5.26 Å². The lowest BCUT2D eigenvalue weighted by Crippen LogP contribution is -2.61. The first kappa shape index (κ1) is 9.02. The number of piperidine rings is 2. The normalized spacial score (nSPS) is 38.0. The summed E-state index contributed by atoms with van der Waals surface area (Å²) in [5, 5.41) is 9.17. The molecule has 0 aromatic heterocycles. The largest absolute Gasteiger partial charge is 0.286 e. The Bertz CT molecular complexity index is 223. The SMILES string of the molecule is CCCCN1CCC2CC1(C#N)C2. The Kier molecular flexibility index (Phi) is 2.29. The Morgan fingerprint density at radius 2 is 2.31 bits per heavy atom. The van der Waals surface area contributed by atoms with E-state index in [-0.39, 0.29) is 5.54 Å². The summed E-state index contributed by atoms with van der Waals surface area (Å²) in [6.07, 6.45) is 6.10. The maximum Gasteiger partial charge on any atom is 0.109 e. The molecule has 3 aliphatic rings. The number of unbranched alkanes of at least 4 members (excludes halogenated alkanes) is 1. The van der Waals surface area contributed by atoms with Crippen molar-refractivity contribution in [2.24, 2.45) is 5.92 Å². The van der Waals surface area contributed by atoms with Crippen LogP contribution < -0.4 is 0 Å². The lowest BCUT2D eigenvalue weighted by Gasteiger charge is -2.55. The van der Waals surface area contributed by atoms with Crippen LogP contribution in [0.15, 0.2) is 0 Å². The van der Waals surface area contributed by atoms with Crippen molar-refractivity contribution >= 4 is 0 Å². The number of hydrogen-bond acceptors (Lipinski definition) is 2. The molecule has 1 saturated carbocycles. The topological polar surface area (TPSA) is 27.0 Å². The highest BCUT2D eigenvalue weighted by Crippen LogP contribution is 2.48. The molecule has 0 atom stereocenters. The van der Waals surface area contributed by atoms with E-state index < -0.39 is 0 Å². The van der Waals surface area contributed by atoms with E-state index >= 15 is 0 Å². The van der Waals surface area contributed by atoms with E-state index in [2.05, 4.69) is 17.9 Å². The second-order valence-electron chi connectivity index (χ2n) is 4.55. The minimum atomic E-state index is -0.0297. The van der Waals surface area contributed by atoms with E-state index in [1.807, 2.05) is 0 Å². The van der Waals surface area contributed by atoms with Crippen molar-refractivity contribution in [1.29, 1.82) is 5.26 Å². The predicted molar refractivity (Wildman–Crippen MR) is 52.2 cm³/mol. The summed E-state index contributed by atoms with van der Waals surface area (Å²) in [5.74, 6) is 0.873. The smallest absolute Gasteiger partial charge is 0.109 e.